The van der Waals surface area contributed by atoms with Crippen LogP contribution in [0.25, 0.3) is 0 Å². The number of ether oxygens (including phenoxy) is 1. The Hall–Kier alpha value is -3.52. The Labute approximate surface area is 214 Å². The lowest BCUT2D eigenvalue weighted by Crippen LogP contribution is -2.52. The molecule has 1 saturated heterocycles. The number of carbonyl (C=O) groups excluding carboxylic acids is 1. The van der Waals surface area contributed by atoms with Crippen molar-refractivity contribution in [2.75, 3.05) is 49.0 Å². The largest absolute Gasteiger partial charge is 0.495 e. The van der Waals surface area contributed by atoms with Crippen LogP contribution in [-0.4, -0.2) is 59.1 Å². The van der Waals surface area contributed by atoms with Gasteiger partial charge in [-0.25, -0.2) is 8.42 Å². The number of methoxy groups -OCH3 is 1. The van der Waals surface area contributed by atoms with Crippen LogP contribution in [0.5, 0.6) is 5.75 Å². The van der Waals surface area contributed by atoms with Crippen LogP contribution >= 0.6 is 0 Å². The van der Waals surface area contributed by atoms with E-state index in [1.807, 2.05) is 13.0 Å². The van der Waals surface area contributed by atoms with Crippen LogP contribution in [0.15, 0.2) is 71.6 Å². The fourth-order valence-corrected chi connectivity index (χ4v) is 5.95. The van der Waals surface area contributed by atoms with E-state index in [4.69, 9.17) is 4.74 Å². The fraction of sp³-hybridized carbons (Fsp3) is 0.321. The topological polar surface area (TPSA) is 70.2 Å². The smallest absolute Gasteiger partial charge is 0.264 e. The van der Waals surface area contributed by atoms with Gasteiger partial charge in [-0.15, -0.1) is 0 Å². The Morgan fingerprint density at radius 1 is 0.917 bits per heavy atom. The molecule has 0 aromatic heterocycles. The first kappa shape index (κ1) is 25.6. The maximum atomic E-state index is 13.7. The number of piperazine rings is 1. The maximum Gasteiger partial charge on any atom is 0.264 e. The summed E-state index contributed by atoms with van der Waals surface area (Å²) in [7, 11) is -2.51. The van der Waals surface area contributed by atoms with Crippen LogP contribution in [0.4, 0.5) is 11.4 Å². The number of nitrogens with zero attached hydrogens (tertiary/aromatic N) is 3. The number of amides is 1. The minimum absolute atomic E-state index is 0.126. The van der Waals surface area contributed by atoms with Crippen LogP contribution in [0.2, 0.25) is 0 Å². The standard InChI is InChI=1S/C28H33N3O4S/c1-21-13-14-27(35-4)26(19-21)31(36(33,34)24-10-6-5-7-11-24)20-28(32)30-17-15-29(16-18-30)25-12-8-9-22(2)23(25)3/h5-14,19H,15-18,20H2,1-4H3. The van der Waals surface area contributed by atoms with E-state index < -0.39 is 10.0 Å². The van der Waals surface area contributed by atoms with Crippen molar-refractivity contribution in [2.45, 2.75) is 25.7 Å². The average Bonchev–Trinajstić information content (AvgIpc) is 2.89. The molecule has 1 aliphatic rings. The van der Waals surface area contributed by atoms with Crippen molar-refractivity contribution in [2.24, 2.45) is 0 Å². The predicted molar refractivity (Wildman–Crippen MR) is 143 cm³/mol. The van der Waals surface area contributed by atoms with Crippen molar-refractivity contribution < 1.29 is 17.9 Å². The molecule has 0 saturated carbocycles. The van der Waals surface area contributed by atoms with Crippen LogP contribution in [0, 0.1) is 20.8 Å². The molecule has 3 aromatic rings. The first-order valence-corrected chi connectivity index (χ1v) is 13.5. The molecule has 0 bridgehead atoms. The van der Waals surface area contributed by atoms with Gasteiger partial charge < -0.3 is 14.5 Å². The van der Waals surface area contributed by atoms with E-state index in [2.05, 4.69) is 36.9 Å². The van der Waals surface area contributed by atoms with Crippen molar-refractivity contribution in [3.05, 3.63) is 83.4 Å². The monoisotopic (exact) mass is 507 g/mol. The van der Waals surface area contributed by atoms with E-state index in [1.54, 1.807) is 35.2 Å². The second kappa shape index (κ2) is 10.6. The Bertz CT molecular complexity index is 1330. The molecule has 0 spiro atoms. The summed E-state index contributed by atoms with van der Waals surface area (Å²) in [5.41, 5.74) is 4.88. The Kier molecular flexibility index (Phi) is 7.54. The molecule has 36 heavy (non-hydrogen) atoms. The second-order valence-electron chi connectivity index (χ2n) is 9.09. The summed E-state index contributed by atoms with van der Waals surface area (Å²) < 4.78 is 34.1. The van der Waals surface area contributed by atoms with E-state index in [9.17, 15) is 13.2 Å². The highest BCUT2D eigenvalue weighted by Gasteiger charge is 2.32. The summed E-state index contributed by atoms with van der Waals surface area (Å²) >= 11 is 0. The van der Waals surface area contributed by atoms with Crippen LogP contribution in [-0.2, 0) is 14.8 Å². The third-order valence-electron chi connectivity index (χ3n) is 6.76. The second-order valence-corrected chi connectivity index (χ2v) is 10.9. The van der Waals surface area contributed by atoms with Gasteiger partial charge in [-0.2, -0.15) is 0 Å². The van der Waals surface area contributed by atoms with Gasteiger partial charge in [0.05, 0.1) is 17.7 Å². The minimum Gasteiger partial charge on any atom is -0.495 e. The third kappa shape index (κ3) is 5.18. The van der Waals surface area contributed by atoms with E-state index in [0.717, 1.165) is 5.56 Å². The van der Waals surface area contributed by atoms with Crippen molar-refractivity contribution in [3.63, 3.8) is 0 Å². The molecule has 1 heterocycles. The molecule has 0 atom stereocenters. The molecule has 7 nitrogen and oxygen atoms in total. The zero-order valence-corrected chi connectivity index (χ0v) is 22.1. The zero-order chi connectivity index (χ0) is 25.9. The van der Waals surface area contributed by atoms with Crippen molar-refractivity contribution in [3.8, 4) is 5.75 Å². The van der Waals surface area contributed by atoms with Crippen LogP contribution in [0.3, 0.4) is 0 Å². The number of carbonyl (C=O) groups is 1. The lowest BCUT2D eigenvalue weighted by atomic mass is 10.1. The number of anilines is 2. The molecule has 3 aromatic carbocycles. The number of hydrogen-bond acceptors (Lipinski definition) is 5. The maximum absolute atomic E-state index is 13.7. The lowest BCUT2D eigenvalue weighted by Gasteiger charge is -2.38. The molecule has 1 aliphatic heterocycles. The average molecular weight is 508 g/mol. The van der Waals surface area contributed by atoms with Gasteiger partial charge in [0.1, 0.15) is 12.3 Å². The van der Waals surface area contributed by atoms with Gasteiger partial charge in [-0.05, 0) is 67.8 Å². The lowest BCUT2D eigenvalue weighted by molar-refractivity contribution is -0.129. The number of hydrogen-bond donors (Lipinski definition) is 0. The van der Waals surface area contributed by atoms with Gasteiger partial charge in [0.25, 0.3) is 10.0 Å². The fourth-order valence-electron chi connectivity index (χ4n) is 4.51. The zero-order valence-electron chi connectivity index (χ0n) is 21.3. The summed E-state index contributed by atoms with van der Waals surface area (Å²) in [6.45, 7) is 8.21. The molecular formula is C28H33N3O4S. The molecule has 1 fully saturated rings. The van der Waals surface area contributed by atoms with E-state index >= 15 is 0 Å². The molecule has 4 rings (SSSR count). The number of aryl methyl sites for hydroxylation is 2. The summed E-state index contributed by atoms with van der Waals surface area (Å²) in [6, 6.07) is 19.8. The Morgan fingerprint density at radius 2 is 1.61 bits per heavy atom. The van der Waals surface area contributed by atoms with Crippen molar-refractivity contribution in [1.29, 1.82) is 0 Å². The van der Waals surface area contributed by atoms with Gasteiger partial charge in [-0.3, -0.25) is 9.10 Å². The third-order valence-corrected chi connectivity index (χ3v) is 8.54. The summed E-state index contributed by atoms with van der Waals surface area (Å²) in [5.74, 6) is 0.159. The summed E-state index contributed by atoms with van der Waals surface area (Å²) in [6.07, 6.45) is 0. The van der Waals surface area contributed by atoms with Gasteiger partial charge >= 0.3 is 0 Å². The molecule has 0 aliphatic carbocycles. The van der Waals surface area contributed by atoms with Gasteiger partial charge in [0.2, 0.25) is 5.91 Å². The van der Waals surface area contributed by atoms with Crippen molar-refractivity contribution >= 4 is 27.3 Å². The molecule has 1 amide bonds. The highest BCUT2D eigenvalue weighted by molar-refractivity contribution is 7.92. The molecule has 8 heteroatoms. The first-order valence-electron chi connectivity index (χ1n) is 12.0. The Morgan fingerprint density at radius 3 is 2.28 bits per heavy atom. The number of benzene rings is 3. The molecule has 190 valence electrons. The normalized spacial score (nSPS) is 14.0. The van der Waals surface area contributed by atoms with Crippen LogP contribution in [0.1, 0.15) is 16.7 Å². The van der Waals surface area contributed by atoms with Gasteiger partial charge in [0.15, 0.2) is 0 Å². The SMILES string of the molecule is COc1ccc(C)cc1N(CC(=O)N1CCN(c2cccc(C)c2C)CC1)S(=O)(=O)c1ccccc1. The number of sulfonamides is 1. The Balaban J connectivity index is 1.59. The number of rotatable bonds is 7. The molecule has 0 unspecified atom stereocenters. The quantitative estimate of drug-likeness (QED) is 0.480. The van der Waals surface area contributed by atoms with Crippen molar-refractivity contribution in [1.82, 2.24) is 4.90 Å². The summed E-state index contributed by atoms with van der Waals surface area (Å²) in [4.78, 5) is 17.6. The molecule has 0 N–H and O–H groups in total. The molecule has 0 radical (unpaired) electrons. The predicted octanol–water partition coefficient (Wildman–Crippen LogP) is 4.16. The first-order chi connectivity index (χ1) is 17.2. The van der Waals surface area contributed by atoms with Gasteiger partial charge in [-0.1, -0.05) is 36.4 Å². The van der Waals surface area contributed by atoms with Gasteiger partial charge in [0, 0.05) is 31.9 Å². The highest BCUT2D eigenvalue weighted by Crippen LogP contribution is 2.33. The van der Waals surface area contributed by atoms with E-state index in [1.165, 1.54) is 40.4 Å². The highest BCUT2D eigenvalue weighted by atomic mass is 32.2. The summed E-state index contributed by atoms with van der Waals surface area (Å²) in [5, 5.41) is 0. The van der Waals surface area contributed by atoms with E-state index in [-0.39, 0.29) is 17.3 Å². The molecular weight excluding hydrogens is 474 g/mol. The van der Waals surface area contributed by atoms with E-state index in [0.29, 0.717) is 37.6 Å². The van der Waals surface area contributed by atoms with Crippen LogP contribution < -0.4 is 13.9 Å². The minimum atomic E-state index is -4.01.